The predicted molar refractivity (Wildman–Crippen MR) is 67.8 cm³/mol. The summed E-state index contributed by atoms with van der Waals surface area (Å²) in [5.74, 6) is -1.60. The fourth-order valence-corrected chi connectivity index (χ4v) is 1.23. The third kappa shape index (κ3) is 3.98. The molecule has 0 aromatic carbocycles. The second kappa shape index (κ2) is 6.42. The Morgan fingerprint density at radius 2 is 2.10 bits per heavy atom. The smallest absolute Gasteiger partial charge is 0.331 e. The van der Waals surface area contributed by atoms with Gasteiger partial charge in [0.1, 0.15) is 0 Å². The molecule has 1 aromatic heterocycles. The van der Waals surface area contributed by atoms with E-state index >= 15 is 0 Å². The zero-order valence-electron chi connectivity index (χ0n) is 12.0. The first-order chi connectivity index (χ1) is 9.29. The molecule has 1 heterocycles. The van der Waals surface area contributed by atoms with Gasteiger partial charge >= 0.3 is 5.97 Å². The van der Waals surface area contributed by atoms with Crippen LogP contribution in [0.15, 0.2) is 0 Å². The normalized spacial score (nSPS) is 12.8. The van der Waals surface area contributed by atoms with Crippen LogP contribution >= 0.6 is 0 Å². The molecule has 0 saturated carbocycles. The van der Waals surface area contributed by atoms with Gasteiger partial charge in [0.25, 0.3) is 11.7 Å². The van der Waals surface area contributed by atoms with Gasteiger partial charge in [0.15, 0.2) is 6.04 Å². The highest BCUT2D eigenvalue weighted by Gasteiger charge is 2.25. The number of aliphatic hydroxyl groups is 1. The van der Waals surface area contributed by atoms with E-state index in [-0.39, 0.29) is 12.4 Å². The standard InChI is InChI=1S/C11H19N5O4/c1-5-20-10(19)7(6-17)12-9(18)8-13-15-16(14-8)11(2,3)4/h7,17H,5-6H2,1-4H3,(H,12,18). The van der Waals surface area contributed by atoms with Crippen LogP contribution in [0.3, 0.4) is 0 Å². The molecule has 20 heavy (non-hydrogen) atoms. The summed E-state index contributed by atoms with van der Waals surface area (Å²) >= 11 is 0. The van der Waals surface area contributed by atoms with Gasteiger partial charge in [-0.3, -0.25) is 4.79 Å². The number of carbonyl (C=O) groups excluding carboxylic acids is 2. The summed E-state index contributed by atoms with van der Waals surface area (Å²) < 4.78 is 4.72. The van der Waals surface area contributed by atoms with Crippen molar-refractivity contribution in [1.29, 1.82) is 0 Å². The lowest BCUT2D eigenvalue weighted by molar-refractivity contribution is -0.146. The number of nitrogens with one attached hydrogen (secondary N) is 1. The zero-order chi connectivity index (χ0) is 15.3. The second-order valence-electron chi connectivity index (χ2n) is 5.03. The highest BCUT2D eigenvalue weighted by molar-refractivity contribution is 5.93. The maximum atomic E-state index is 11.9. The molecule has 0 bridgehead atoms. The Bertz CT molecular complexity index is 479. The molecule has 9 nitrogen and oxygen atoms in total. The van der Waals surface area contributed by atoms with Crippen LogP contribution in [0, 0.1) is 0 Å². The first kappa shape index (κ1) is 16.0. The van der Waals surface area contributed by atoms with Gasteiger partial charge in [0.2, 0.25) is 0 Å². The quantitative estimate of drug-likeness (QED) is 0.671. The van der Waals surface area contributed by atoms with Gasteiger partial charge in [-0.05, 0) is 32.9 Å². The molecule has 1 amide bonds. The van der Waals surface area contributed by atoms with E-state index in [0.717, 1.165) is 0 Å². The summed E-state index contributed by atoms with van der Waals surface area (Å²) in [5, 5.41) is 22.7. The summed E-state index contributed by atoms with van der Waals surface area (Å²) in [5.41, 5.74) is -0.414. The fourth-order valence-electron chi connectivity index (χ4n) is 1.23. The van der Waals surface area contributed by atoms with Crippen molar-refractivity contribution >= 4 is 11.9 Å². The Balaban J connectivity index is 2.75. The van der Waals surface area contributed by atoms with Gasteiger partial charge < -0.3 is 15.2 Å². The van der Waals surface area contributed by atoms with Crippen LogP contribution in [0.25, 0.3) is 0 Å². The van der Waals surface area contributed by atoms with Crippen LogP contribution < -0.4 is 5.32 Å². The van der Waals surface area contributed by atoms with E-state index in [1.54, 1.807) is 6.92 Å². The Morgan fingerprint density at radius 3 is 2.55 bits per heavy atom. The largest absolute Gasteiger partial charge is 0.464 e. The summed E-state index contributed by atoms with van der Waals surface area (Å²) in [7, 11) is 0. The third-order valence-electron chi connectivity index (χ3n) is 2.28. The molecule has 1 rings (SSSR count). The minimum atomic E-state index is -1.15. The van der Waals surface area contributed by atoms with Crippen molar-refractivity contribution in [2.24, 2.45) is 0 Å². The van der Waals surface area contributed by atoms with Crippen LogP contribution in [0.1, 0.15) is 38.3 Å². The van der Waals surface area contributed by atoms with E-state index in [4.69, 9.17) is 9.84 Å². The van der Waals surface area contributed by atoms with E-state index in [1.807, 2.05) is 20.8 Å². The van der Waals surface area contributed by atoms with Gasteiger partial charge in [-0.15, -0.1) is 10.2 Å². The van der Waals surface area contributed by atoms with Crippen LogP contribution in [-0.4, -0.2) is 56.4 Å². The summed E-state index contributed by atoms with van der Waals surface area (Å²) in [6.07, 6.45) is 0. The van der Waals surface area contributed by atoms with Gasteiger partial charge in [0, 0.05) is 0 Å². The molecule has 112 valence electrons. The number of aliphatic hydroxyl groups excluding tert-OH is 1. The van der Waals surface area contributed by atoms with E-state index in [0.29, 0.717) is 0 Å². The Morgan fingerprint density at radius 1 is 1.45 bits per heavy atom. The van der Waals surface area contributed by atoms with Crippen molar-refractivity contribution in [2.45, 2.75) is 39.3 Å². The molecule has 1 unspecified atom stereocenters. The lowest BCUT2D eigenvalue weighted by Crippen LogP contribution is -2.44. The van der Waals surface area contributed by atoms with Gasteiger partial charge in [-0.25, -0.2) is 4.79 Å². The fraction of sp³-hybridized carbons (Fsp3) is 0.727. The van der Waals surface area contributed by atoms with Gasteiger partial charge in [-0.2, -0.15) is 4.80 Å². The Kier molecular flexibility index (Phi) is 5.14. The van der Waals surface area contributed by atoms with Crippen molar-refractivity contribution in [3.05, 3.63) is 5.82 Å². The number of esters is 1. The lowest BCUT2D eigenvalue weighted by Gasteiger charge is -2.15. The molecule has 0 radical (unpaired) electrons. The first-order valence-electron chi connectivity index (χ1n) is 6.18. The molecule has 0 fully saturated rings. The van der Waals surface area contributed by atoms with Crippen LogP contribution in [-0.2, 0) is 15.1 Å². The van der Waals surface area contributed by atoms with E-state index < -0.39 is 30.1 Å². The highest BCUT2D eigenvalue weighted by atomic mass is 16.5. The molecule has 0 aliphatic heterocycles. The molecule has 2 N–H and O–H groups in total. The third-order valence-corrected chi connectivity index (χ3v) is 2.28. The maximum absolute atomic E-state index is 11.9. The number of tetrazole rings is 1. The lowest BCUT2D eigenvalue weighted by atomic mass is 10.1. The number of aromatic nitrogens is 4. The van der Waals surface area contributed by atoms with Gasteiger partial charge in [-0.1, -0.05) is 0 Å². The molecular formula is C11H19N5O4. The van der Waals surface area contributed by atoms with Crippen molar-refractivity contribution in [3.8, 4) is 0 Å². The molecule has 0 spiro atoms. The number of rotatable bonds is 5. The maximum Gasteiger partial charge on any atom is 0.331 e. The van der Waals surface area contributed by atoms with Crippen LogP contribution in [0.2, 0.25) is 0 Å². The number of carbonyl (C=O) groups is 2. The minimum absolute atomic E-state index is 0.156. The SMILES string of the molecule is CCOC(=O)C(CO)NC(=O)c1nnn(C(C)(C)C)n1. The predicted octanol–water partition coefficient (Wildman–Crippen LogP) is -0.918. The van der Waals surface area contributed by atoms with E-state index in [2.05, 4.69) is 20.7 Å². The number of nitrogens with zero attached hydrogens (tertiary/aromatic N) is 4. The van der Waals surface area contributed by atoms with Gasteiger partial charge in [0.05, 0.1) is 18.8 Å². The molecule has 9 heteroatoms. The molecule has 0 aliphatic rings. The van der Waals surface area contributed by atoms with E-state index in [1.165, 1.54) is 4.80 Å². The summed E-state index contributed by atoms with van der Waals surface area (Å²) in [6.45, 7) is 6.77. The van der Waals surface area contributed by atoms with Crippen LogP contribution in [0.4, 0.5) is 0 Å². The number of hydrogen-bond donors (Lipinski definition) is 2. The summed E-state index contributed by atoms with van der Waals surface area (Å²) in [4.78, 5) is 24.6. The zero-order valence-corrected chi connectivity index (χ0v) is 12.0. The molecule has 1 aromatic rings. The second-order valence-corrected chi connectivity index (χ2v) is 5.03. The molecule has 1 atom stereocenters. The average Bonchev–Trinajstić information content (AvgIpc) is 2.85. The van der Waals surface area contributed by atoms with Crippen LogP contribution in [0.5, 0.6) is 0 Å². The van der Waals surface area contributed by atoms with Crippen molar-refractivity contribution in [1.82, 2.24) is 25.5 Å². The topological polar surface area (TPSA) is 119 Å². The highest BCUT2D eigenvalue weighted by Crippen LogP contribution is 2.09. The minimum Gasteiger partial charge on any atom is -0.464 e. The Labute approximate surface area is 116 Å². The molecule has 0 saturated heterocycles. The Hall–Kier alpha value is -2.03. The summed E-state index contributed by atoms with van der Waals surface area (Å²) in [6, 6.07) is -1.15. The first-order valence-corrected chi connectivity index (χ1v) is 6.18. The average molecular weight is 285 g/mol. The van der Waals surface area contributed by atoms with E-state index in [9.17, 15) is 9.59 Å². The van der Waals surface area contributed by atoms with Crippen molar-refractivity contribution < 1.29 is 19.4 Å². The number of hydrogen-bond acceptors (Lipinski definition) is 7. The van der Waals surface area contributed by atoms with Crippen molar-refractivity contribution in [3.63, 3.8) is 0 Å². The molecule has 0 aliphatic carbocycles. The van der Waals surface area contributed by atoms with Crippen molar-refractivity contribution in [2.75, 3.05) is 13.2 Å². The molecular weight excluding hydrogens is 266 g/mol. The monoisotopic (exact) mass is 285 g/mol. The number of amides is 1. The number of ether oxygens (including phenoxy) is 1.